The molecule has 0 fully saturated rings. The molecular formula is C14H22N2O2. The molecule has 0 amide bonds. The van der Waals surface area contributed by atoms with Crippen LogP contribution in [0.3, 0.4) is 0 Å². The van der Waals surface area contributed by atoms with Crippen LogP contribution in [-0.4, -0.2) is 12.3 Å². The highest BCUT2D eigenvalue weighted by Crippen LogP contribution is 2.31. The van der Waals surface area contributed by atoms with Crippen LogP contribution in [0.5, 0.6) is 5.75 Å². The second kappa shape index (κ2) is 5.08. The number of hydrogen-bond donors (Lipinski definition) is 1. The van der Waals surface area contributed by atoms with Crippen molar-refractivity contribution in [3.8, 4) is 5.75 Å². The van der Waals surface area contributed by atoms with E-state index in [0.29, 0.717) is 5.75 Å². The van der Waals surface area contributed by atoms with Crippen molar-refractivity contribution in [1.82, 2.24) is 0 Å². The molecule has 0 bridgehead atoms. The van der Waals surface area contributed by atoms with Crippen LogP contribution < -0.4 is 10.1 Å². The SMILES string of the molecule is C=NC(C)(C)c1ccccc1O[NH+]([O-])C(C)(C)C. The van der Waals surface area contributed by atoms with Crippen molar-refractivity contribution in [3.05, 3.63) is 35.0 Å². The molecule has 100 valence electrons. The predicted molar refractivity (Wildman–Crippen MR) is 73.7 cm³/mol. The molecule has 0 spiro atoms. The van der Waals surface area contributed by atoms with Gasteiger partial charge in [-0.05, 0) is 47.4 Å². The third-order valence-corrected chi connectivity index (χ3v) is 2.76. The van der Waals surface area contributed by atoms with Gasteiger partial charge >= 0.3 is 0 Å². The van der Waals surface area contributed by atoms with E-state index in [2.05, 4.69) is 11.7 Å². The molecule has 1 atom stereocenters. The van der Waals surface area contributed by atoms with Crippen molar-refractivity contribution in [2.24, 2.45) is 4.99 Å². The molecular weight excluding hydrogens is 228 g/mol. The van der Waals surface area contributed by atoms with E-state index in [1.165, 1.54) is 0 Å². The maximum Gasteiger partial charge on any atom is 0.196 e. The molecule has 1 N–H and O–H groups in total. The van der Waals surface area contributed by atoms with Crippen molar-refractivity contribution in [1.29, 1.82) is 0 Å². The van der Waals surface area contributed by atoms with Crippen molar-refractivity contribution in [2.45, 2.75) is 45.7 Å². The molecule has 4 nitrogen and oxygen atoms in total. The van der Waals surface area contributed by atoms with Crippen LogP contribution in [0.4, 0.5) is 0 Å². The minimum atomic E-state index is -0.529. The monoisotopic (exact) mass is 250 g/mol. The lowest BCUT2D eigenvalue weighted by molar-refractivity contribution is -1.06. The molecule has 0 saturated carbocycles. The highest BCUT2D eigenvalue weighted by atomic mass is 16.9. The fourth-order valence-electron chi connectivity index (χ4n) is 1.40. The van der Waals surface area contributed by atoms with Gasteiger partial charge in [-0.1, -0.05) is 18.2 Å². The van der Waals surface area contributed by atoms with E-state index in [4.69, 9.17) is 4.84 Å². The summed E-state index contributed by atoms with van der Waals surface area (Å²) in [6, 6.07) is 7.43. The van der Waals surface area contributed by atoms with E-state index in [1.54, 1.807) is 6.07 Å². The van der Waals surface area contributed by atoms with Crippen LogP contribution >= 0.6 is 0 Å². The average Bonchev–Trinajstić information content (AvgIpc) is 2.28. The quantitative estimate of drug-likeness (QED) is 0.657. The standard InChI is InChI=1S/C14H22N2O2/c1-13(2,3)16(17)18-12-10-8-7-9-11(12)14(4,5)15-6/h7-10,16H,6H2,1-5H3. The Morgan fingerprint density at radius 2 is 1.72 bits per heavy atom. The maximum absolute atomic E-state index is 11.9. The molecule has 0 heterocycles. The molecule has 0 aliphatic carbocycles. The van der Waals surface area contributed by atoms with Gasteiger partial charge in [0.1, 0.15) is 5.54 Å². The van der Waals surface area contributed by atoms with E-state index >= 15 is 0 Å². The highest BCUT2D eigenvalue weighted by molar-refractivity contribution is 5.40. The van der Waals surface area contributed by atoms with Crippen LogP contribution in [0, 0.1) is 5.21 Å². The van der Waals surface area contributed by atoms with Gasteiger partial charge < -0.3 is 10.0 Å². The minimum Gasteiger partial charge on any atom is -0.590 e. The summed E-state index contributed by atoms with van der Waals surface area (Å²) in [4.78, 5) is 9.55. The van der Waals surface area contributed by atoms with E-state index < -0.39 is 11.1 Å². The normalized spacial score (nSPS) is 14.1. The number of nitrogens with one attached hydrogen (secondary N) is 1. The largest absolute Gasteiger partial charge is 0.590 e. The molecule has 0 aliphatic heterocycles. The molecule has 1 aromatic carbocycles. The van der Waals surface area contributed by atoms with Gasteiger partial charge in [0.15, 0.2) is 5.75 Å². The van der Waals surface area contributed by atoms with Gasteiger partial charge in [0.05, 0.1) is 5.54 Å². The molecule has 0 radical (unpaired) electrons. The zero-order valence-corrected chi connectivity index (χ0v) is 11.8. The number of quaternary nitrogens is 1. The van der Waals surface area contributed by atoms with Gasteiger partial charge in [-0.15, -0.1) is 0 Å². The lowest BCUT2D eigenvalue weighted by atomic mass is 9.94. The first-order valence-corrected chi connectivity index (χ1v) is 5.98. The Morgan fingerprint density at radius 1 is 1.17 bits per heavy atom. The second-order valence-corrected chi connectivity index (χ2v) is 5.85. The van der Waals surface area contributed by atoms with Crippen LogP contribution in [-0.2, 0) is 5.54 Å². The van der Waals surface area contributed by atoms with Gasteiger partial charge in [-0.25, -0.2) is 0 Å². The van der Waals surface area contributed by atoms with Crippen molar-refractivity contribution >= 4 is 6.72 Å². The number of aliphatic imine (C=N–C) groups is 1. The summed E-state index contributed by atoms with van der Waals surface area (Å²) in [5.41, 5.74) is -0.147. The molecule has 1 rings (SSSR count). The molecule has 1 unspecified atom stereocenters. The molecule has 1 aromatic rings. The Kier molecular flexibility index (Phi) is 4.14. The number of rotatable bonds is 4. The molecule has 0 aliphatic rings. The second-order valence-electron chi connectivity index (χ2n) is 5.85. The van der Waals surface area contributed by atoms with Gasteiger partial charge in [0, 0.05) is 5.56 Å². The molecule has 4 heteroatoms. The Hall–Kier alpha value is -1.39. The van der Waals surface area contributed by atoms with Crippen LogP contribution in [0.15, 0.2) is 29.3 Å². The molecule has 18 heavy (non-hydrogen) atoms. The topological polar surface area (TPSA) is 49.1 Å². The van der Waals surface area contributed by atoms with Gasteiger partial charge in [-0.3, -0.25) is 4.99 Å². The number of hydrogen-bond acceptors (Lipinski definition) is 3. The molecule has 0 aromatic heterocycles. The number of nitrogens with zero attached hydrogens (tertiary/aromatic N) is 1. The lowest BCUT2D eigenvalue weighted by Gasteiger charge is -2.33. The first-order chi connectivity index (χ1) is 8.18. The predicted octanol–water partition coefficient (Wildman–Crippen LogP) is 2.10. The summed E-state index contributed by atoms with van der Waals surface area (Å²) in [5, 5.41) is 11.7. The number of benzene rings is 1. The summed E-state index contributed by atoms with van der Waals surface area (Å²) >= 11 is 0. The Labute approximate surface area is 109 Å². The first-order valence-electron chi connectivity index (χ1n) is 5.98. The van der Waals surface area contributed by atoms with E-state index in [0.717, 1.165) is 5.56 Å². The Balaban J connectivity index is 3.08. The van der Waals surface area contributed by atoms with Gasteiger partial charge in [0.2, 0.25) is 0 Å². The fraction of sp³-hybridized carbons (Fsp3) is 0.500. The van der Waals surface area contributed by atoms with E-state index in [9.17, 15) is 5.21 Å². The number of hydroxylamine groups is 2. The lowest BCUT2D eigenvalue weighted by Crippen LogP contribution is -3.16. The van der Waals surface area contributed by atoms with Crippen LogP contribution in [0.2, 0.25) is 0 Å². The van der Waals surface area contributed by atoms with Crippen LogP contribution in [0.1, 0.15) is 40.2 Å². The van der Waals surface area contributed by atoms with Crippen molar-refractivity contribution < 1.29 is 10.1 Å². The number of para-hydroxylation sites is 1. The average molecular weight is 250 g/mol. The van der Waals surface area contributed by atoms with Crippen molar-refractivity contribution in [3.63, 3.8) is 0 Å². The zero-order chi connectivity index (χ0) is 14.0. The summed E-state index contributed by atoms with van der Waals surface area (Å²) in [7, 11) is 0. The Morgan fingerprint density at radius 3 is 2.22 bits per heavy atom. The summed E-state index contributed by atoms with van der Waals surface area (Å²) < 4.78 is 0. The van der Waals surface area contributed by atoms with Crippen molar-refractivity contribution in [2.75, 3.05) is 0 Å². The smallest absolute Gasteiger partial charge is 0.196 e. The third-order valence-electron chi connectivity index (χ3n) is 2.76. The van der Waals surface area contributed by atoms with Gasteiger partial charge in [0.25, 0.3) is 0 Å². The summed E-state index contributed by atoms with van der Waals surface area (Å²) in [6.07, 6.45) is 0. The fourth-order valence-corrected chi connectivity index (χ4v) is 1.40. The summed E-state index contributed by atoms with van der Waals surface area (Å²) in [6.45, 7) is 12.9. The van der Waals surface area contributed by atoms with Crippen LogP contribution in [0.25, 0.3) is 0 Å². The van der Waals surface area contributed by atoms with E-state index in [-0.39, 0.29) is 5.23 Å². The Bertz CT molecular complexity index is 422. The van der Waals surface area contributed by atoms with E-state index in [1.807, 2.05) is 52.8 Å². The highest BCUT2D eigenvalue weighted by Gasteiger charge is 2.26. The minimum absolute atomic E-state index is 0.255. The van der Waals surface area contributed by atoms with Gasteiger partial charge in [-0.2, -0.15) is 5.23 Å². The maximum atomic E-state index is 11.9. The third kappa shape index (κ3) is 3.31. The molecule has 0 saturated heterocycles. The zero-order valence-electron chi connectivity index (χ0n) is 11.8. The first kappa shape index (κ1) is 14.7. The summed E-state index contributed by atoms with van der Waals surface area (Å²) in [5.74, 6) is 0.551.